The van der Waals surface area contributed by atoms with Crippen molar-refractivity contribution in [1.29, 1.82) is 0 Å². The Labute approximate surface area is 177 Å². The van der Waals surface area contributed by atoms with Gasteiger partial charge in [-0.15, -0.1) is 0 Å². The highest BCUT2D eigenvalue weighted by atomic mass is 16.7. The van der Waals surface area contributed by atoms with Crippen LogP contribution in [0.25, 0.3) is 0 Å². The Kier molecular flexibility index (Phi) is 7.70. The standard InChI is InChI=1S/C19H28O12/c20-7-19(27)8-30-18(16(19)26)29-6-12-13(23)14(24)15(25)17(31-12)28-4-3-9-1-2-10(21)11(22)5-9/h1-2,5,12-18,20-27H,3-4,6-8H2/t12-,13-,14+,15-,16?,17-,18?,19?/m1/s1. The number of aliphatic hydroxyl groups excluding tert-OH is 5. The molecule has 0 aliphatic carbocycles. The molecule has 2 saturated heterocycles. The number of phenols is 2. The third-order valence-corrected chi connectivity index (χ3v) is 5.39. The molecule has 0 radical (unpaired) electrons. The quantitative estimate of drug-likeness (QED) is 0.187. The highest BCUT2D eigenvalue weighted by Gasteiger charge is 2.50. The van der Waals surface area contributed by atoms with Crippen LogP contribution in [0.5, 0.6) is 11.5 Å². The van der Waals surface area contributed by atoms with Gasteiger partial charge in [-0.3, -0.25) is 0 Å². The number of aromatic hydroxyl groups is 2. The zero-order valence-electron chi connectivity index (χ0n) is 16.5. The normalized spacial score (nSPS) is 38.5. The van der Waals surface area contributed by atoms with Crippen molar-refractivity contribution in [2.45, 2.75) is 55.1 Å². The maximum absolute atomic E-state index is 10.2. The molecule has 2 fully saturated rings. The van der Waals surface area contributed by atoms with Gasteiger partial charge in [-0.05, 0) is 24.1 Å². The van der Waals surface area contributed by atoms with Gasteiger partial charge in [-0.1, -0.05) is 6.07 Å². The van der Waals surface area contributed by atoms with E-state index >= 15 is 0 Å². The van der Waals surface area contributed by atoms with E-state index < -0.39 is 55.3 Å². The van der Waals surface area contributed by atoms with Gasteiger partial charge in [0.25, 0.3) is 0 Å². The van der Waals surface area contributed by atoms with Crippen LogP contribution < -0.4 is 0 Å². The van der Waals surface area contributed by atoms with Crippen LogP contribution in [0.3, 0.4) is 0 Å². The number of benzene rings is 1. The van der Waals surface area contributed by atoms with Crippen molar-refractivity contribution in [2.75, 3.05) is 26.4 Å². The van der Waals surface area contributed by atoms with Crippen LogP contribution >= 0.6 is 0 Å². The van der Waals surface area contributed by atoms with E-state index in [2.05, 4.69) is 0 Å². The first-order valence-electron chi connectivity index (χ1n) is 9.73. The molecule has 1 aromatic rings. The molecule has 12 nitrogen and oxygen atoms in total. The Bertz CT molecular complexity index is 732. The predicted molar refractivity (Wildman–Crippen MR) is 99.8 cm³/mol. The molecular formula is C19H28O12. The maximum Gasteiger partial charge on any atom is 0.186 e. The first kappa shape index (κ1) is 24.1. The number of rotatable bonds is 8. The lowest BCUT2D eigenvalue weighted by Gasteiger charge is -2.40. The van der Waals surface area contributed by atoms with Crippen molar-refractivity contribution in [3.63, 3.8) is 0 Å². The molecular weight excluding hydrogens is 420 g/mol. The van der Waals surface area contributed by atoms with Gasteiger partial charge < -0.3 is 59.8 Å². The van der Waals surface area contributed by atoms with Crippen LogP contribution in [0.2, 0.25) is 0 Å². The van der Waals surface area contributed by atoms with Crippen LogP contribution in [-0.4, -0.2) is 116 Å². The molecule has 1 aromatic carbocycles. The summed E-state index contributed by atoms with van der Waals surface area (Å²) in [7, 11) is 0. The van der Waals surface area contributed by atoms with Crippen LogP contribution in [0.1, 0.15) is 5.56 Å². The fraction of sp³-hybridized carbons (Fsp3) is 0.684. The Morgan fingerprint density at radius 3 is 2.35 bits per heavy atom. The molecule has 31 heavy (non-hydrogen) atoms. The summed E-state index contributed by atoms with van der Waals surface area (Å²) in [6, 6.07) is 4.25. The molecule has 3 rings (SSSR count). The molecule has 8 N–H and O–H groups in total. The van der Waals surface area contributed by atoms with Crippen LogP contribution in [-0.2, 0) is 25.4 Å². The van der Waals surface area contributed by atoms with Gasteiger partial charge in [0.05, 0.1) is 26.4 Å². The fourth-order valence-electron chi connectivity index (χ4n) is 3.33. The van der Waals surface area contributed by atoms with E-state index in [1.165, 1.54) is 12.1 Å². The van der Waals surface area contributed by atoms with Crippen molar-refractivity contribution in [3.8, 4) is 11.5 Å². The van der Waals surface area contributed by atoms with Crippen LogP contribution in [0.4, 0.5) is 0 Å². The second kappa shape index (κ2) is 9.92. The summed E-state index contributed by atoms with van der Waals surface area (Å²) in [5.41, 5.74) is -1.23. The molecule has 2 aliphatic heterocycles. The van der Waals surface area contributed by atoms with Crippen molar-refractivity contribution < 1.29 is 59.8 Å². The van der Waals surface area contributed by atoms with Crippen molar-refractivity contribution >= 4 is 0 Å². The van der Waals surface area contributed by atoms with E-state index in [1.807, 2.05) is 0 Å². The summed E-state index contributed by atoms with van der Waals surface area (Å²) < 4.78 is 21.4. The molecule has 12 heteroatoms. The lowest BCUT2D eigenvalue weighted by molar-refractivity contribution is -0.309. The molecule has 0 bridgehead atoms. The molecule has 0 amide bonds. The van der Waals surface area contributed by atoms with Crippen molar-refractivity contribution in [1.82, 2.24) is 0 Å². The topological polar surface area (TPSA) is 199 Å². The summed E-state index contributed by atoms with van der Waals surface area (Å²) in [6.45, 7) is -1.45. The van der Waals surface area contributed by atoms with Gasteiger partial charge in [0.15, 0.2) is 24.1 Å². The second-order valence-corrected chi connectivity index (χ2v) is 7.68. The molecule has 8 atom stereocenters. The molecule has 3 unspecified atom stereocenters. The minimum absolute atomic E-state index is 0.0241. The summed E-state index contributed by atoms with van der Waals surface area (Å²) in [5, 5.41) is 78.4. The minimum atomic E-state index is -1.87. The van der Waals surface area contributed by atoms with E-state index in [9.17, 15) is 35.7 Å². The summed E-state index contributed by atoms with van der Waals surface area (Å²) in [6.07, 6.45) is -9.68. The number of hydrogen-bond acceptors (Lipinski definition) is 12. The highest BCUT2D eigenvalue weighted by Crippen LogP contribution is 2.28. The Hall–Kier alpha value is -1.58. The summed E-state index contributed by atoms with van der Waals surface area (Å²) in [5.74, 6) is -0.545. The molecule has 2 aliphatic rings. The molecule has 176 valence electrons. The number of aliphatic hydroxyl groups is 6. The lowest BCUT2D eigenvalue weighted by atomic mass is 9.99. The average molecular weight is 448 g/mol. The van der Waals surface area contributed by atoms with Gasteiger partial charge in [0.1, 0.15) is 36.1 Å². The zero-order chi connectivity index (χ0) is 22.8. The van der Waals surface area contributed by atoms with Crippen LogP contribution in [0.15, 0.2) is 18.2 Å². The largest absolute Gasteiger partial charge is 0.504 e. The third-order valence-electron chi connectivity index (χ3n) is 5.39. The van der Waals surface area contributed by atoms with E-state index in [1.54, 1.807) is 6.07 Å². The highest BCUT2D eigenvalue weighted by molar-refractivity contribution is 5.40. The number of hydrogen-bond donors (Lipinski definition) is 8. The first-order chi connectivity index (χ1) is 14.7. The Balaban J connectivity index is 1.53. The number of phenolic OH excluding ortho intramolecular Hbond substituents is 2. The molecule has 2 heterocycles. The van der Waals surface area contributed by atoms with E-state index in [0.29, 0.717) is 12.0 Å². The summed E-state index contributed by atoms with van der Waals surface area (Å²) in [4.78, 5) is 0. The minimum Gasteiger partial charge on any atom is -0.504 e. The second-order valence-electron chi connectivity index (χ2n) is 7.68. The van der Waals surface area contributed by atoms with Gasteiger partial charge in [0.2, 0.25) is 0 Å². The average Bonchev–Trinajstić information content (AvgIpc) is 3.04. The smallest absolute Gasteiger partial charge is 0.186 e. The van der Waals surface area contributed by atoms with Gasteiger partial charge >= 0.3 is 0 Å². The molecule has 0 saturated carbocycles. The van der Waals surface area contributed by atoms with E-state index in [-0.39, 0.29) is 31.3 Å². The summed E-state index contributed by atoms with van der Waals surface area (Å²) >= 11 is 0. The van der Waals surface area contributed by atoms with Gasteiger partial charge in [0, 0.05) is 0 Å². The third kappa shape index (κ3) is 5.26. The SMILES string of the molecule is OCC1(O)COC(OC[C@H]2O[C@@H](OCCc3ccc(O)c(O)c3)[C@H](O)[C@@H](O)[C@@H]2O)C1O. The Morgan fingerprint density at radius 1 is 0.968 bits per heavy atom. The maximum atomic E-state index is 10.2. The van der Waals surface area contributed by atoms with Crippen LogP contribution in [0, 0.1) is 0 Å². The van der Waals surface area contributed by atoms with E-state index in [4.69, 9.17) is 24.1 Å². The monoisotopic (exact) mass is 448 g/mol. The lowest BCUT2D eigenvalue weighted by Crippen LogP contribution is -2.59. The van der Waals surface area contributed by atoms with Crippen molar-refractivity contribution in [2.24, 2.45) is 0 Å². The number of ether oxygens (including phenoxy) is 4. The Morgan fingerprint density at radius 2 is 1.71 bits per heavy atom. The zero-order valence-corrected chi connectivity index (χ0v) is 16.5. The predicted octanol–water partition coefficient (Wildman–Crippen LogP) is -3.08. The first-order valence-corrected chi connectivity index (χ1v) is 9.73. The molecule has 0 aromatic heterocycles. The van der Waals surface area contributed by atoms with E-state index in [0.717, 1.165) is 0 Å². The van der Waals surface area contributed by atoms with Gasteiger partial charge in [-0.25, -0.2) is 0 Å². The molecule has 0 spiro atoms. The van der Waals surface area contributed by atoms with Gasteiger partial charge in [-0.2, -0.15) is 0 Å². The fourth-order valence-corrected chi connectivity index (χ4v) is 3.33. The van der Waals surface area contributed by atoms with Crippen molar-refractivity contribution in [3.05, 3.63) is 23.8 Å².